The summed E-state index contributed by atoms with van der Waals surface area (Å²) in [6, 6.07) is 0.937. The number of aryl methyl sites for hydroxylation is 2. The first kappa shape index (κ1) is 21.1. The first-order valence-corrected chi connectivity index (χ1v) is 9.44. The number of nitrogens with zero attached hydrogens (tertiary/aromatic N) is 1. The van der Waals surface area contributed by atoms with E-state index in [0.717, 1.165) is 11.1 Å². The van der Waals surface area contributed by atoms with Crippen molar-refractivity contribution >= 4 is 21.8 Å². The molecule has 0 aliphatic rings. The molecule has 2 N–H and O–H groups in total. The Morgan fingerprint density at radius 1 is 1.08 bits per heavy atom. The zero-order chi connectivity index (χ0) is 19.5. The predicted octanol–water partition coefficient (Wildman–Crippen LogP) is 0.791. The lowest BCUT2D eigenvalue weighted by atomic mass is 10.0. The second-order valence-electron chi connectivity index (χ2n) is 6.44. The summed E-state index contributed by atoms with van der Waals surface area (Å²) in [7, 11) is -0.721. The molecule has 0 unspecified atom stereocenters. The van der Waals surface area contributed by atoms with E-state index in [2.05, 4.69) is 10.0 Å². The molecule has 0 aliphatic carbocycles. The van der Waals surface area contributed by atoms with Crippen LogP contribution in [0.1, 0.15) is 29.2 Å². The van der Waals surface area contributed by atoms with Gasteiger partial charge in [0.25, 0.3) is 0 Å². The van der Waals surface area contributed by atoms with E-state index in [1.165, 1.54) is 11.8 Å². The second kappa shape index (κ2) is 7.97. The van der Waals surface area contributed by atoms with Gasteiger partial charge in [0.15, 0.2) is 0 Å². The van der Waals surface area contributed by atoms with Gasteiger partial charge >= 0.3 is 0 Å². The molecule has 1 atom stereocenters. The highest BCUT2D eigenvalue weighted by Crippen LogP contribution is 2.26. The van der Waals surface area contributed by atoms with E-state index in [0.29, 0.717) is 11.1 Å². The molecule has 0 heterocycles. The summed E-state index contributed by atoms with van der Waals surface area (Å²) in [6.45, 7) is 8.46. The Hall–Kier alpha value is -1.93. The van der Waals surface area contributed by atoms with Crippen LogP contribution < -0.4 is 10.0 Å². The Morgan fingerprint density at radius 3 is 2.00 bits per heavy atom. The van der Waals surface area contributed by atoms with Crippen LogP contribution in [-0.2, 0) is 19.6 Å². The summed E-state index contributed by atoms with van der Waals surface area (Å²) < 4.78 is 27.9. The molecule has 0 aliphatic heterocycles. The zero-order valence-corrected chi connectivity index (χ0v) is 16.7. The van der Waals surface area contributed by atoms with Gasteiger partial charge in [-0.15, -0.1) is 0 Å². The third kappa shape index (κ3) is 5.02. The number of rotatable bonds is 6. The molecule has 2 amide bonds. The molecule has 1 rings (SSSR count). The van der Waals surface area contributed by atoms with E-state index in [9.17, 15) is 18.0 Å². The van der Waals surface area contributed by atoms with Gasteiger partial charge in [0, 0.05) is 14.1 Å². The smallest absolute Gasteiger partial charge is 0.241 e. The quantitative estimate of drug-likeness (QED) is 0.775. The molecule has 1 aromatic rings. The van der Waals surface area contributed by atoms with Crippen LogP contribution in [-0.4, -0.2) is 51.8 Å². The van der Waals surface area contributed by atoms with Crippen molar-refractivity contribution in [1.29, 1.82) is 0 Å². The van der Waals surface area contributed by atoms with Gasteiger partial charge < -0.3 is 10.2 Å². The molecule has 8 heteroatoms. The molecule has 0 bridgehead atoms. The molecule has 0 radical (unpaired) electrons. The fourth-order valence-electron chi connectivity index (χ4n) is 2.40. The average Bonchev–Trinajstić information content (AvgIpc) is 2.49. The van der Waals surface area contributed by atoms with Crippen molar-refractivity contribution < 1.29 is 18.0 Å². The highest BCUT2D eigenvalue weighted by atomic mass is 32.2. The Labute approximate surface area is 149 Å². The molecule has 0 spiro atoms. The Kier molecular flexibility index (Phi) is 6.73. The van der Waals surface area contributed by atoms with Crippen molar-refractivity contribution in [2.24, 2.45) is 0 Å². The van der Waals surface area contributed by atoms with Crippen molar-refractivity contribution in [2.45, 2.75) is 45.6 Å². The molecule has 0 fully saturated rings. The van der Waals surface area contributed by atoms with Crippen LogP contribution >= 0.6 is 0 Å². The third-order valence-electron chi connectivity index (χ3n) is 4.20. The Morgan fingerprint density at radius 2 is 1.56 bits per heavy atom. The summed E-state index contributed by atoms with van der Waals surface area (Å²) in [5.74, 6) is -0.831. The Bertz CT molecular complexity index is 759. The molecule has 0 saturated carbocycles. The normalized spacial score (nSPS) is 12.6. The number of benzene rings is 1. The van der Waals surface area contributed by atoms with Crippen LogP contribution in [0.25, 0.3) is 0 Å². The molecule has 140 valence electrons. The minimum atomic E-state index is -3.87. The molecule has 7 nitrogen and oxygen atoms in total. The maximum absolute atomic E-state index is 12.8. The van der Waals surface area contributed by atoms with Crippen LogP contribution in [0.3, 0.4) is 0 Å². The molecule has 0 saturated heterocycles. The lowest BCUT2D eigenvalue weighted by Crippen LogP contribution is -2.47. The van der Waals surface area contributed by atoms with Crippen molar-refractivity contribution in [3.05, 3.63) is 28.3 Å². The summed E-state index contributed by atoms with van der Waals surface area (Å²) in [4.78, 5) is 25.1. The van der Waals surface area contributed by atoms with Crippen LogP contribution in [0, 0.1) is 27.7 Å². The average molecular weight is 369 g/mol. The molecule has 1 aromatic carbocycles. The van der Waals surface area contributed by atoms with E-state index >= 15 is 0 Å². The van der Waals surface area contributed by atoms with E-state index in [1.54, 1.807) is 27.9 Å². The van der Waals surface area contributed by atoms with Gasteiger partial charge in [-0.2, -0.15) is 4.72 Å². The van der Waals surface area contributed by atoms with E-state index in [-0.39, 0.29) is 17.3 Å². The predicted molar refractivity (Wildman–Crippen MR) is 96.9 cm³/mol. The van der Waals surface area contributed by atoms with Crippen molar-refractivity contribution in [2.75, 3.05) is 20.6 Å². The van der Waals surface area contributed by atoms with Crippen molar-refractivity contribution in [3.8, 4) is 0 Å². The number of hydrogen-bond acceptors (Lipinski definition) is 4. The minimum absolute atomic E-state index is 0.181. The first-order chi connectivity index (χ1) is 11.4. The SMILES string of the molecule is Cc1cc(C)c(C)c(S(=O)(=O)N[C@@H](C)C(=O)NCC(=O)N(C)C)c1C. The van der Waals surface area contributed by atoms with Gasteiger partial charge in [-0.05, 0) is 56.9 Å². The number of sulfonamides is 1. The largest absolute Gasteiger partial charge is 0.347 e. The van der Waals surface area contributed by atoms with Gasteiger partial charge in [0.05, 0.1) is 17.5 Å². The Balaban J connectivity index is 2.99. The fourth-order valence-corrected chi connectivity index (χ4v) is 4.22. The molecular weight excluding hydrogens is 342 g/mol. The van der Waals surface area contributed by atoms with Crippen LogP contribution in [0.4, 0.5) is 0 Å². The molecular formula is C17H27N3O4S. The van der Waals surface area contributed by atoms with Gasteiger partial charge in [-0.25, -0.2) is 8.42 Å². The number of amides is 2. The highest BCUT2D eigenvalue weighted by Gasteiger charge is 2.26. The van der Waals surface area contributed by atoms with Crippen molar-refractivity contribution in [1.82, 2.24) is 14.9 Å². The lowest BCUT2D eigenvalue weighted by molar-refractivity contribution is -0.131. The van der Waals surface area contributed by atoms with E-state index in [1.807, 2.05) is 19.9 Å². The summed E-state index contributed by atoms with van der Waals surface area (Å²) >= 11 is 0. The number of hydrogen-bond donors (Lipinski definition) is 2. The fraction of sp³-hybridized carbons (Fsp3) is 0.529. The maximum atomic E-state index is 12.8. The maximum Gasteiger partial charge on any atom is 0.241 e. The van der Waals surface area contributed by atoms with Gasteiger partial charge in [0.1, 0.15) is 0 Å². The highest BCUT2D eigenvalue weighted by molar-refractivity contribution is 7.89. The lowest BCUT2D eigenvalue weighted by Gasteiger charge is -2.19. The van der Waals surface area contributed by atoms with Gasteiger partial charge in [0.2, 0.25) is 21.8 Å². The monoisotopic (exact) mass is 369 g/mol. The van der Waals surface area contributed by atoms with Crippen molar-refractivity contribution in [3.63, 3.8) is 0 Å². The molecule has 25 heavy (non-hydrogen) atoms. The number of nitrogens with one attached hydrogen (secondary N) is 2. The van der Waals surface area contributed by atoms with Gasteiger partial charge in [-0.3, -0.25) is 9.59 Å². The standard InChI is InChI=1S/C17H27N3O4S/c1-10-8-11(2)13(4)16(12(10)3)25(23,24)19-14(5)17(22)18-9-15(21)20(6)7/h8,14,19H,9H2,1-7H3,(H,18,22)/t14-/m0/s1. The van der Waals surface area contributed by atoms with Crippen LogP contribution in [0.5, 0.6) is 0 Å². The van der Waals surface area contributed by atoms with E-state index < -0.39 is 22.0 Å². The third-order valence-corrected chi connectivity index (χ3v) is 6.02. The second-order valence-corrected chi connectivity index (χ2v) is 8.09. The first-order valence-electron chi connectivity index (χ1n) is 7.96. The van der Waals surface area contributed by atoms with Crippen LogP contribution in [0.15, 0.2) is 11.0 Å². The number of carbonyl (C=O) groups is 2. The summed E-state index contributed by atoms with van der Waals surface area (Å²) in [5.41, 5.74) is 3.06. The zero-order valence-electron chi connectivity index (χ0n) is 15.9. The van der Waals surface area contributed by atoms with E-state index in [4.69, 9.17) is 0 Å². The minimum Gasteiger partial charge on any atom is -0.347 e. The topological polar surface area (TPSA) is 95.6 Å². The molecule has 0 aromatic heterocycles. The summed E-state index contributed by atoms with van der Waals surface area (Å²) in [5, 5.41) is 2.43. The van der Waals surface area contributed by atoms with Gasteiger partial charge in [-0.1, -0.05) is 6.07 Å². The number of carbonyl (C=O) groups excluding carboxylic acids is 2. The number of likely N-dealkylation sites (N-methyl/N-ethyl adjacent to an activating group) is 1. The van der Waals surface area contributed by atoms with Crippen LogP contribution in [0.2, 0.25) is 0 Å². The summed E-state index contributed by atoms with van der Waals surface area (Å²) in [6.07, 6.45) is 0.